The first kappa shape index (κ1) is 8.73. The van der Waals surface area contributed by atoms with Gasteiger partial charge in [0.15, 0.2) is 0 Å². The van der Waals surface area contributed by atoms with Crippen LogP contribution >= 0.6 is 27.3 Å². The Balaban J connectivity index is 1.95. The van der Waals surface area contributed by atoms with Gasteiger partial charge in [-0.1, -0.05) is 0 Å². The molecule has 0 saturated heterocycles. The second-order valence-electron chi connectivity index (χ2n) is 3.31. The molecule has 1 fully saturated rings. The minimum absolute atomic E-state index is 0.0362. The number of hydrogen-bond acceptors (Lipinski definition) is 2. The fourth-order valence-corrected chi connectivity index (χ4v) is 3.09. The quantitative estimate of drug-likeness (QED) is 0.852. The van der Waals surface area contributed by atoms with Crippen LogP contribution in [0.2, 0.25) is 0 Å². The molecule has 0 amide bonds. The van der Waals surface area contributed by atoms with Crippen LogP contribution < -0.4 is 0 Å². The molecule has 1 saturated carbocycles. The monoisotopic (exact) mass is 246 g/mol. The number of aliphatic hydroxyl groups excluding tert-OH is 1. The van der Waals surface area contributed by atoms with Gasteiger partial charge in [-0.05, 0) is 53.2 Å². The predicted molar refractivity (Wildman–Crippen MR) is 54.5 cm³/mol. The van der Waals surface area contributed by atoms with Crippen LogP contribution in [0.4, 0.5) is 0 Å². The summed E-state index contributed by atoms with van der Waals surface area (Å²) in [6.07, 6.45) is 3.21. The summed E-state index contributed by atoms with van der Waals surface area (Å²) >= 11 is 5.21. The smallest absolute Gasteiger partial charge is 0.0701 e. The Bertz CT molecular complexity index is 271. The van der Waals surface area contributed by atoms with Crippen molar-refractivity contribution >= 4 is 27.3 Å². The second kappa shape index (κ2) is 3.48. The molecule has 66 valence electrons. The fourth-order valence-electron chi connectivity index (χ4n) is 1.51. The minimum atomic E-state index is -0.0362. The lowest BCUT2D eigenvalue weighted by Crippen LogP contribution is -2.32. The van der Waals surface area contributed by atoms with Gasteiger partial charge >= 0.3 is 0 Å². The molecule has 3 heteroatoms. The molecular formula is C9H11BrOS. The predicted octanol–water partition coefficient (Wildman–Crippen LogP) is 2.82. The lowest BCUT2D eigenvalue weighted by molar-refractivity contribution is 0.0248. The molecule has 1 nitrogen and oxygen atoms in total. The van der Waals surface area contributed by atoms with Gasteiger partial charge in [-0.25, -0.2) is 0 Å². The van der Waals surface area contributed by atoms with Crippen molar-refractivity contribution in [2.24, 2.45) is 5.92 Å². The number of rotatable bonds is 2. The Hall–Kier alpha value is 0.140. The van der Waals surface area contributed by atoms with Crippen molar-refractivity contribution in [1.82, 2.24) is 0 Å². The molecule has 1 aromatic rings. The normalized spacial score (nSPS) is 28.5. The van der Waals surface area contributed by atoms with Gasteiger partial charge in [0.25, 0.3) is 0 Å². The van der Waals surface area contributed by atoms with E-state index < -0.39 is 0 Å². The molecule has 1 heterocycles. The van der Waals surface area contributed by atoms with Crippen molar-refractivity contribution < 1.29 is 5.11 Å². The van der Waals surface area contributed by atoms with Crippen molar-refractivity contribution in [2.75, 3.05) is 0 Å². The van der Waals surface area contributed by atoms with Gasteiger partial charge in [0, 0.05) is 4.88 Å². The third kappa shape index (κ3) is 1.73. The summed E-state index contributed by atoms with van der Waals surface area (Å²) in [5.41, 5.74) is 0. The van der Waals surface area contributed by atoms with Crippen LogP contribution in [0, 0.1) is 5.92 Å². The lowest BCUT2D eigenvalue weighted by atomic mass is 9.79. The third-order valence-corrected chi connectivity index (χ3v) is 4.12. The summed E-state index contributed by atoms with van der Waals surface area (Å²) < 4.78 is 1.19. The highest BCUT2D eigenvalue weighted by molar-refractivity contribution is 9.11. The van der Waals surface area contributed by atoms with E-state index in [1.807, 2.05) is 0 Å². The molecule has 2 rings (SSSR count). The average Bonchev–Trinajstić information content (AvgIpc) is 2.44. The molecule has 1 aliphatic rings. The van der Waals surface area contributed by atoms with Gasteiger partial charge in [0.1, 0.15) is 0 Å². The van der Waals surface area contributed by atoms with Crippen LogP contribution in [0.1, 0.15) is 17.7 Å². The number of aliphatic hydroxyl groups is 1. The first-order valence-corrected chi connectivity index (χ1v) is 5.79. The highest BCUT2D eigenvalue weighted by Gasteiger charge is 2.28. The van der Waals surface area contributed by atoms with Crippen molar-refractivity contribution in [1.29, 1.82) is 0 Å². The van der Waals surface area contributed by atoms with E-state index in [4.69, 9.17) is 0 Å². The fraction of sp³-hybridized carbons (Fsp3) is 0.556. The molecule has 0 radical (unpaired) electrons. The zero-order valence-electron chi connectivity index (χ0n) is 6.66. The molecule has 0 spiro atoms. The second-order valence-corrected chi connectivity index (χ2v) is 5.86. The molecule has 12 heavy (non-hydrogen) atoms. The maximum absolute atomic E-state index is 9.37. The third-order valence-electron chi connectivity index (χ3n) is 2.47. The Kier molecular flexibility index (Phi) is 2.53. The van der Waals surface area contributed by atoms with E-state index in [1.54, 1.807) is 11.3 Å². The van der Waals surface area contributed by atoms with Crippen molar-refractivity contribution in [3.8, 4) is 0 Å². The summed E-state index contributed by atoms with van der Waals surface area (Å²) in [5, 5.41) is 9.37. The molecule has 1 aromatic heterocycles. The van der Waals surface area contributed by atoms with Crippen LogP contribution in [-0.4, -0.2) is 11.2 Å². The van der Waals surface area contributed by atoms with Gasteiger partial charge in [-0.3, -0.25) is 0 Å². The maximum atomic E-state index is 9.37. The summed E-state index contributed by atoms with van der Waals surface area (Å²) in [6, 6.07) is 4.21. The number of thiophene rings is 1. The van der Waals surface area contributed by atoms with E-state index in [1.165, 1.54) is 15.1 Å². The van der Waals surface area contributed by atoms with Crippen molar-refractivity contribution in [3.05, 3.63) is 20.8 Å². The Morgan fingerprint density at radius 3 is 2.75 bits per heavy atom. The van der Waals surface area contributed by atoms with Crippen molar-refractivity contribution in [2.45, 2.75) is 25.4 Å². The molecule has 1 aliphatic carbocycles. The zero-order chi connectivity index (χ0) is 8.55. The molecule has 2 unspecified atom stereocenters. The summed E-state index contributed by atoms with van der Waals surface area (Å²) in [6.45, 7) is 0. The summed E-state index contributed by atoms with van der Waals surface area (Å²) in [4.78, 5) is 1.38. The van der Waals surface area contributed by atoms with Gasteiger partial charge in [0.05, 0.1) is 9.89 Å². The zero-order valence-corrected chi connectivity index (χ0v) is 9.07. The van der Waals surface area contributed by atoms with E-state index >= 15 is 0 Å². The molecule has 1 N–H and O–H groups in total. The van der Waals surface area contributed by atoms with Crippen LogP contribution in [0.5, 0.6) is 0 Å². The topological polar surface area (TPSA) is 20.2 Å². The molecule has 0 aliphatic heterocycles. The van der Waals surface area contributed by atoms with Crippen molar-refractivity contribution in [3.63, 3.8) is 0 Å². The van der Waals surface area contributed by atoms with Crippen LogP contribution in [-0.2, 0) is 6.42 Å². The number of hydrogen-bond donors (Lipinski definition) is 1. The summed E-state index contributed by atoms with van der Waals surface area (Å²) in [7, 11) is 0. The first-order chi connectivity index (χ1) is 5.75. The van der Waals surface area contributed by atoms with Gasteiger partial charge in [-0.2, -0.15) is 0 Å². The molecule has 0 bridgehead atoms. The Morgan fingerprint density at radius 2 is 2.33 bits per heavy atom. The van der Waals surface area contributed by atoms with E-state index in [2.05, 4.69) is 28.1 Å². The highest BCUT2D eigenvalue weighted by Crippen LogP contribution is 2.33. The van der Waals surface area contributed by atoms with Gasteiger partial charge in [-0.15, -0.1) is 11.3 Å². The standard InChI is InChI=1S/C9H11BrOS/c10-9-4-2-7(12-9)5-6-1-3-8(6)11/h2,4,6,8,11H,1,3,5H2. The van der Waals surface area contributed by atoms with E-state index in [0.29, 0.717) is 5.92 Å². The highest BCUT2D eigenvalue weighted by atomic mass is 79.9. The number of halogens is 1. The molecule has 0 aromatic carbocycles. The van der Waals surface area contributed by atoms with Crippen LogP contribution in [0.25, 0.3) is 0 Å². The maximum Gasteiger partial charge on any atom is 0.0701 e. The lowest BCUT2D eigenvalue weighted by Gasteiger charge is -2.31. The average molecular weight is 247 g/mol. The Labute approximate surface area is 84.6 Å². The van der Waals surface area contributed by atoms with Gasteiger partial charge in [0.2, 0.25) is 0 Å². The summed E-state index contributed by atoms with van der Waals surface area (Å²) in [5.74, 6) is 0.524. The largest absolute Gasteiger partial charge is 0.393 e. The molecular weight excluding hydrogens is 236 g/mol. The van der Waals surface area contributed by atoms with E-state index in [9.17, 15) is 5.11 Å². The van der Waals surface area contributed by atoms with E-state index in [0.717, 1.165) is 12.8 Å². The van der Waals surface area contributed by atoms with Crippen LogP contribution in [0.15, 0.2) is 15.9 Å². The first-order valence-electron chi connectivity index (χ1n) is 4.18. The van der Waals surface area contributed by atoms with E-state index in [-0.39, 0.29) is 6.10 Å². The minimum Gasteiger partial charge on any atom is -0.393 e. The van der Waals surface area contributed by atoms with Gasteiger partial charge < -0.3 is 5.11 Å². The van der Waals surface area contributed by atoms with Crippen LogP contribution in [0.3, 0.4) is 0 Å². The SMILES string of the molecule is OC1CCC1Cc1ccc(Br)s1. The Morgan fingerprint density at radius 1 is 1.50 bits per heavy atom. The molecule has 2 atom stereocenters.